The number of thiazole rings is 1. The Bertz CT molecular complexity index is 466. The zero-order valence-corrected chi connectivity index (χ0v) is 14.2. The highest BCUT2D eigenvalue weighted by molar-refractivity contribution is 7.15. The van der Waals surface area contributed by atoms with Crippen LogP contribution < -0.4 is 5.32 Å². The minimum atomic E-state index is -0.186. The van der Waals surface area contributed by atoms with Gasteiger partial charge in [-0.2, -0.15) is 0 Å². The molecule has 2 amide bonds. The van der Waals surface area contributed by atoms with E-state index in [1.807, 2.05) is 20.8 Å². The lowest BCUT2D eigenvalue weighted by Gasteiger charge is -2.20. The van der Waals surface area contributed by atoms with Crippen molar-refractivity contribution in [3.63, 3.8) is 0 Å². The number of hydrogen-bond donors (Lipinski definition) is 1. The second kappa shape index (κ2) is 8.77. The number of aromatic nitrogens is 1. The third kappa shape index (κ3) is 5.83. The van der Waals surface area contributed by atoms with E-state index in [9.17, 15) is 9.59 Å². The van der Waals surface area contributed by atoms with E-state index in [0.29, 0.717) is 18.1 Å². The highest BCUT2D eigenvalue weighted by atomic mass is 32.1. The van der Waals surface area contributed by atoms with Crippen molar-refractivity contribution >= 4 is 28.3 Å². The predicted octanol–water partition coefficient (Wildman–Crippen LogP) is 3.13. The number of amides is 2. The van der Waals surface area contributed by atoms with Crippen molar-refractivity contribution in [3.05, 3.63) is 10.6 Å². The van der Waals surface area contributed by atoms with Crippen LogP contribution in [0.25, 0.3) is 0 Å². The summed E-state index contributed by atoms with van der Waals surface area (Å²) in [5.74, 6) is -0.137. The number of nitrogens with zero attached hydrogens (tertiary/aromatic N) is 2. The Hall–Kier alpha value is -1.43. The number of aryl methyl sites for hydroxylation is 2. The highest BCUT2D eigenvalue weighted by Gasteiger charge is 2.16. The molecule has 0 spiro atoms. The van der Waals surface area contributed by atoms with Crippen molar-refractivity contribution in [2.24, 2.45) is 0 Å². The summed E-state index contributed by atoms with van der Waals surface area (Å²) in [6.07, 6.45) is 3.54. The molecule has 0 saturated carbocycles. The molecule has 1 aromatic rings. The first-order valence-corrected chi connectivity index (χ1v) is 8.31. The lowest BCUT2D eigenvalue weighted by atomic mass is 10.2. The van der Waals surface area contributed by atoms with Gasteiger partial charge in [0.15, 0.2) is 5.13 Å². The van der Waals surface area contributed by atoms with Gasteiger partial charge in [0.05, 0.1) is 12.2 Å². The number of nitrogens with one attached hydrogen (secondary N) is 1. The van der Waals surface area contributed by atoms with Gasteiger partial charge in [0, 0.05) is 17.8 Å². The molecule has 6 heteroatoms. The molecule has 0 aliphatic carbocycles. The summed E-state index contributed by atoms with van der Waals surface area (Å²) in [7, 11) is 0. The Morgan fingerprint density at radius 2 is 1.95 bits per heavy atom. The summed E-state index contributed by atoms with van der Waals surface area (Å²) in [5, 5.41) is 3.37. The average molecular weight is 311 g/mol. The molecule has 0 aliphatic heterocycles. The van der Waals surface area contributed by atoms with Crippen LogP contribution in [0.4, 0.5) is 5.13 Å². The van der Waals surface area contributed by atoms with Crippen LogP contribution in [0.2, 0.25) is 0 Å². The van der Waals surface area contributed by atoms with Crippen LogP contribution in [-0.2, 0) is 9.59 Å². The van der Waals surface area contributed by atoms with Gasteiger partial charge in [0.2, 0.25) is 11.8 Å². The van der Waals surface area contributed by atoms with Gasteiger partial charge in [0.25, 0.3) is 0 Å². The van der Waals surface area contributed by atoms with Crippen LogP contribution in [0.15, 0.2) is 0 Å². The minimum absolute atomic E-state index is 0.0487. The highest BCUT2D eigenvalue weighted by Crippen LogP contribution is 2.20. The molecule has 0 aliphatic rings. The van der Waals surface area contributed by atoms with Gasteiger partial charge in [-0.3, -0.25) is 9.59 Å². The molecule has 1 aromatic heterocycles. The summed E-state index contributed by atoms with van der Waals surface area (Å²) in [6, 6.07) is 0. The molecule has 1 N–H and O–H groups in total. The summed E-state index contributed by atoms with van der Waals surface area (Å²) >= 11 is 1.46. The van der Waals surface area contributed by atoms with Gasteiger partial charge in [-0.25, -0.2) is 4.98 Å². The molecule has 5 nitrogen and oxygen atoms in total. The Kier molecular flexibility index (Phi) is 7.36. The molecular formula is C15H25N3O2S. The van der Waals surface area contributed by atoms with E-state index in [4.69, 9.17) is 0 Å². The van der Waals surface area contributed by atoms with Crippen LogP contribution in [0.3, 0.4) is 0 Å². The maximum atomic E-state index is 12.0. The first-order valence-electron chi connectivity index (χ1n) is 7.49. The lowest BCUT2D eigenvalue weighted by Crippen LogP contribution is -2.37. The van der Waals surface area contributed by atoms with Crippen LogP contribution in [0.1, 0.15) is 50.1 Å². The quantitative estimate of drug-likeness (QED) is 0.750. The SMILES string of the molecule is CCCCCC(=O)N(CC)CC(=O)Nc1nc(C)c(C)s1. The van der Waals surface area contributed by atoms with Crippen molar-refractivity contribution in [1.82, 2.24) is 9.88 Å². The smallest absolute Gasteiger partial charge is 0.245 e. The second-order valence-electron chi connectivity index (χ2n) is 5.07. The largest absolute Gasteiger partial charge is 0.334 e. The first-order chi connectivity index (χ1) is 9.97. The third-order valence-electron chi connectivity index (χ3n) is 3.34. The Balaban J connectivity index is 2.48. The number of hydrogen-bond acceptors (Lipinski definition) is 4. The molecule has 0 fully saturated rings. The van der Waals surface area contributed by atoms with Crippen molar-refractivity contribution in [3.8, 4) is 0 Å². The van der Waals surface area contributed by atoms with Gasteiger partial charge >= 0.3 is 0 Å². The molecule has 0 radical (unpaired) electrons. The summed E-state index contributed by atoms with van der Waals surface area (Å²) in [6.45, 7) is 8.53. The average Bonchev–Trinajstić information content (AvgIpc) is 2.74. The van der Waals surface area contributed by atoms with E-state index in [0.717, 1.165) is 29.8 Å². The van der Waals surface area contributed by atoms with E-state index in [2.05, 4.69) is 17.2 Å². The van der Waals surface area contributed by atoms with Crippen LogP contribution in [0, 0.1) is 13.8 Å². The molecule has 1 heterocycles. The zero-order chi connectivity index (χ0) is 15.8. The van der Waals surface area contributed by atoms with E-state index in [1.165, 1.54) is 11.3 Å². The molecule has 0 bridgehead atoms. The molecule has 0 aromatic carbocycles. The molecule has 1 rings (SSSR count). The van der Waals surface area contributed by atoms with Gasteiger partial charge in [-0.15, -0.1) is 11.3 Å². The monoisotopic (exact) mass is 311 g/mol. The number of carbonyl (C=O) groups is 2. The lowest BCUT2D eigenvalue weighted by molar-refractivity contribution is -0.134. The fraction of sp³-hybridized carbons (Fsp3) is 0.667. The van der Waals surface area contributed by atoms with Gasteiger partial charge < -0.3 is 10.2 Å². The van der Waals surface area contributed by atoms with E-state index in [-0.39, 0.29) is 18.4 Å². The molecule has 0 atom stereocenters. The molecule has 21 heavy (non-hydrogen) atoms. The summed E-state index contributed by atoms with van der Waals surface area (Å²) in [4.78, 5) is 31.0. The summed E-state index contributed by atoms with van der Waals surface area (Å²) < 4.78 is 0. The van der Waals surface area contributed by atoms with Crippen LogP contribution in [-0.4, -0.2) is 34.8 Å². The third-order valence-corrected chi connectivity index (χ3v) is 4.33. The number of unbranched alkanes of at least 4 members (excludes halogenated alkanes) is 2. The number of carbonyl (C=O) groups excluding carboxylic acids is 2. The number of anilines is 1. The Labute approximate surface area is 130 Å². The van der Waals surface area contributed by atoms with E-state index < -0.39 is 0 Å². The molecule has 118 valence electrons. The van der Waals surface area contributed by atoms with Gasteiger partial charge in [0.1, 0.15) is 0 Å². The maximum Gasteiger partial charge on any atom is 0.245 e. The van der Waals surface area contributed by atoms with Gasteiger partial charge in [-0.1, -0.05) is 19.8 Å². The molecule has 0 saturated heterocycles. The maximum absolute atomic E-state index is 12.0. The molecule has 0 unspecified atom stereocenters. The van der Waals surface area contributed by atoms with Crippen LogP contribution in [0.5, 0.6) is 0 Å². The topological polar surface area (TPSA) is 62.3 Å². The van der Waals surface area contributed by atoms with E-state index >= 15 is 0 Å². The van der Waals surface area contributed by atoms with Gasteiger partial charge in [-0.05, 0) is 27.2 Å². The number of rotatable bonds is 8. The predicted molar refractivity (Wildman–Crippen MR) is 86.6 cm³/mol. The van der Waals surface area contributed by atoms with Crippen molar-refractivity contribution in [2.75, 3.05) is 18.4 Å². The standard InChI is InChI=1S/C15H25N3O2S/c1-5-7-8-9-14(20)18(6-2)10-13(19)17-15-16-11(3)12(4)21-15/h5-10H2,1-4H3,(H,16,17,19). The fourth-order valence-electron chi connectivity index (χ4n) is 1.92. The van der Waals surface area contributed by atoms with Crippen molar-refractivity contribution in [1.29, 1.82) is 0 Å². The first kappa shape index (κ1) is 17.6. The second-order valence-corrected chi connectivity index (χ2v) is 6.28. The Morgan fingerprint density at radius 3 is 2.48 bits per heavy atom. The van der Waals surface area contributed by atoms with Crippen molar-refractivity contribution < 1.29 is 9.59 Å². The zero-order valence-electron chi connectivity index (χ0n) is 13.4. The van der Waals surface area contributed by atoms with Crippen molar-refractivity contribution in [2.45, 2.75) is 53.4 Å². The fourth-order valence-corrected chi connectivity index (χ4v) is 2.75. The normalized spacial score (nSPS) is 10.5. The summed E-state index contributed by atoms with van der Waals surface area (Å²) in [5.41, 5.74) is 0.929. The van der Waals surface area contributed by atoms with Crippen LogP contribution >= 0.6 is 11.3 Å². The number of likely N-dealkylation sites (N-methyl/N-ethyl adjacent to an activating group) is 1. The molecular weight excluding hydrogens is 286 g/mol. The van der Waals surface area contributed by atoms with E-state index in [1.54, 1.807) is 4.90 Å². The Morgan fingerprint density at radius 1 is 1.24 bits per heavy atom. The minimum Gasteiger partial charge on any atom is -0.334 e.